The second-order valence-electron chi connectivity index (χ2n) is 6.15. The summed E-state index contributed by atoms with van der Waals surface area (Å²) in [5.74, 6) is 1.29. The van der Waals surface area contributed by atoms with Crippen molar-refractivity contribution in [2.45, 2.75) is 45.2 Å². The van der Waals surface area contributed by atoms with Gasteiger partial charge in [-0.25, -0.2) is 0 Å². The van der Waals surface area contributed by atoms with Crippen LogP contribution in [0.5, 0.6) is 5.75 Å². The zero-order chi connectivity index (χ0) is 15.4. The number of hydrogen-bond donors (Lipinski definition) is 1. The van der Waals surface area contributed by atoms with Crippen molar-refractivity contribution in [1.29, 1.82) is 0 Å². The monoisotopic (exact) mass is 290 g/mol. The summed E-state index contributed by atoms with van der Waals surface area (Å²) in [6.45, 7) is 7.95. The van der Waals surface area contributed by atoms with Crippen molar-refractivity contribution in [2.75, 3.05) is 20.2 Å². The largest absolute Gasteiger partial charge is 0.497 e. The van der Waals surface area contributed by atoms with Crippen LogP contribution in [0.25, 0.3) is 0 Å². The zero-order valence-electron chi connectivity index (χ0n) is 13.4. The molecular formula is C17H26N2O2. The van der Waals surface area contributed by atoms with Crippen molar-refractivity contribution >= 4 is 5.91 Å². The molecule has 0 aromatic heterocycles. The van der Waals surface area contributed by atoms with Crippen LogP contribution < -0.4 is 10.1 Å². The van der Waals surface area contributed by atoms with Crippen LogP contribution in [-0.2, 0) is 4.79 Å². The van der Waals surface area contributed by atoms with Gasteiger partial charge in [-0.2, -0.15) is 0 Å². The standard InChI is InChI=1S/C17H26N2O2/c1-12(15-6-5-7-16(9-15)21-4)8-17(20)19-10-13(2)18-14(3)11-19/h5-7,9,12-14,18H,8,10-11H2,1-4H3/t12-,13-,14+/m0/s1. The molecule has 1 aliphatic rings. The van der Waals surface area contributed by atoms with Crippen molar-refractivity contribution in [3.63, 3.8) is 0 Å². The number of nitrogens with zero attached hydrogens (tertiary/aromatic N) is 1. The maximum Gasteiger partial charge on any atom is 0.223 e. The molecule has 0 aliphatic carbocycles. The van der Waals surface area contributed by atoms with E-state index in [1.165, 1.54) is 0 Å². The summed E-state index contributed by atoms with van der Waals surface area (Å²) in [7, 11) is 1.67. The van der Waals surface area contributed by atoms with Crippen molar-refractivity contribution in [2.24, 2.45) is 0 Å². The van der Waals surface area contributed by atoms with E-state index in [4.69, 9.17) is 4.74 Å². The first-order valence-corrected chi connectivity index (χ1v) is 7.67. The second-order valence-corrected chi connectivity index (χ2v) is 6.15. The Hall–Kier alpha value is -1.55. The zero-order valence-corrected chi connectivity index (χ0v) is 13.4. The molecule has 1 saturated heterocycles. The van der Waals surface area contributed by atoms with Crippen LogP contribution in [0.2, 0.25) is 0 Å². The topological polar surface area (TPSA) is 41.6 Å². The molecule has 1 aromatic rings. The first-order valence-electron chi connectivity index (χ1n) is 7.67. The van der Waals surface area contributed by atoms with Crippen molar-refractivity contribution < 1.29 is 9.53 Å². The Morgan fingerprint density at radius 2 is 2.05 bits per heavy atom. The van der Waals surface area contributed by atoms with E-state index < -0.39 is 0 Å². The van der Waals surface area contributed by atoms with Crippen molar-refractivity contribution in [3.8, 4) is 5.75 Å². The Bertz CT molecular complexity index is 479. The molecule has 1 amide bonds. The van der Waals surface area contributed by atoms with Gasteiger partial charge < -0.3 is 15.0 Å². The third kappa shape index (κ3) is 4.21. The summed E-state index contributed by atoms with van der Waals surface area (Å²) >= 11 is 0. The van der Waals surface area contributed by atoms with Crippen LogP contribution >= 0.6 is 0 Å². The van der Waals surface area contributed by atoms with Gasteiger partial charge >= 0.3 is 0 Å². The van der Waals surface area contributed by atoms with E-state index >= 15 is 0 Å². The normalized spacial score (nSPS) is 23.7. The summed E-state index contributed by atoms with van der Waals surface area (Å²) in [5, 5.41) is 3.45. The van der Waals surface area contributed by atoms with Crippen molar-refractivity contribution in [1.82, 2.24) is 10.2 Å². The Kier molecular flexibility index (Phi) is 5.23. The van der Waals surface area contributed by atoms with E-state index in [1.54, 1.807) is 7.11 Å². The lowest BCUT2D eigenvalue weighted by molar-refractivity contribution is -0.133. The van der Waals surface area contributed by atoms with Gasteiger partial charge in [0.15, 0.2) is 0 Å². The Morgan fingerprint density at radius 3 is 2.67 bits per heavy atom. The second kappa shape index (κ2) is 6.94. The summed E-state index contributed by atoms with van der Waals surface area (Å²) in [5.41, 5.74) is 1.15. The minimum absolute atomic E-state index is 0.202. The molecule has 0 radical (unpaired) electrons. The number of ether oxygens (including phenoxy) is 1. The molecule has 0 saturated carbocycles. The molecular weight excluding hydrogens is 264 g/mol. The number of carbonyl (C=O) groups excluding carboxylic acids is 1. The molecule has 21 heavy (non-hydrogen) atoms. The highest BCUT2D eigenvalue weighted by Gasteiger charge is 2.25. The number of nitrogens with one attached hydrogen (secondary N) is 1. The Morgan fingerprint density at radius 1 is 1.38 bits per heavy atom. The molecule has 116 valence electrons. The SMILES string of the molecule is COc1cccc([C@@H](C)CC(=O)N2C[C@@H](C)N[C@@H](C)C2)c1. The maximum absolute atomic E-state index is 12.5. The van der Waals surface area contributed by atoms with E-state index in [1.807, 2.05) is 23.1 Å². The molecule has 0 unspecified atom stereocenters. The molecule has 2 rings (SSSR count). The highest BCUT2D eigenvalue weighted by atomic mass is 16.5. The number of piperazine rings is 1. The fourth-order valence-electron chi connectivity index (χ4n) is 2.99. The van der Waals surface area contributed by atoms with Crippen molar-refractivity contribution in [3.05, 3.63) is 29.8 Å². The highest BCUT2D eigenvalue weighted by molar-refractivity contribution is 5.77. The predicted molar refractivity (Wildman–Crippen MR) is 84.7 cm³/mol. The third-order valence-electron chi connectivity index (χ3n) is 4.05. The molecule has 1 aliphatic heterocycles. The molecule has 0 spiro atoms. The van der Waals surface area contributed by atoms with Gasteiger partial charge in [0.25, 0.3) is 0 Å². The van der Waals surface area contributed by atoms with E-state index in [-0.39, 0.29) is 11.8 Å². The van der Waals surface area contributed by atoms with E-state index in [0.717, 1.165) is 24.4 Å². The molecule has 1 N–H and O–H groups in total. The number of rotatable bonds is 4. The Labute approximate surface area is 127 Å². The smallest absolute Gasteiger partial charge is 0.223 e. The minimum atomic E-state index is 0.202. The summed E-state index contributed by atoms with van der Waals surface area (Å²) in [4.78, 5) is 14.5. The molecule has 4 heteroatoms. The molecule has 1 aromatic carbocycles. The molecule has 3 atom stereocenters. The van der Waals surface area contributed by atoms with Gasteiger partial charge in [0, 0.05) is 31.6 Å². The van der Waals surface area contributed by atoms with Gasteiger partial charge in [0.2, 0.25) is 5.91 Å². The third-order valence-corrected chi connectivity index (χ3v) is 4.05. The average Bonchev–Trinajstić information content (AvgIpc) is 2.46. The molecule has 4 nitrogen and oxygen atoms in total. The molecule has 1 fully saturated rings. The lowest BCUT2D eigenvalue weighted by Gasteiger charge is -2.36. The van der Waals surface area contributed by atoms with Crippen LogP contribution in [0.1, 0.15) is 38.7 Å². The lowest BCUT2D eigenvalue weighted by atomic mass is 9.96. The number of hydrogen-bond acceptors (Lipinski definition) is 3. The number of amides is 1. The van der Waals surface area contributed by atoms with Gasteiger partial charge in [-0.3, -0.25) is 4.79 Å². The average molecular weight is 290 g/mol. The van der Waals surface area contributed by atoms with Crippen LogP contribution in [0, 0.1) is 0 Å². The van der Waals surface area contributed by atoms with Crippen LogP contribution in [-0.4, -0.2) is 43.1 Å². The maximum atomic E-state index is 12.5. The first-order chi connectivity index (χ1) is 9.99. The minimum Gasteiger partial charge on any atom is -0.497 e. The summed E-state index contributed by atoms with van der Waals surface area (Å²) in [6.07, 6.45) is 0.548. The van der Waals surface area contributed by atoms with Gasteiger partial charge in [0.1, 0.15) is 5.75 Å². The van der Waals surface area contributed by atoms with Crippen LogP contribution in [0.4, 0.5) is 0 Å². The quantitative estimate of drug-likeness (QED) is 0.926. The van der Waals surface area contributed by atoms with E-state index in [9.17, 15) is 4.79 Å². The fourth-order valence-corrected chi connectivity index (χ4v) is 2.99. The van der Waals surface area contributed by atoms with E-state index in [0.29, 0.717) is 18.5 Å². The molecule has 0 bridgehead atoms. The van der Waals surface area contributed by atoms with Crippen LogP contribution in [0.3, 0.4) is 0 Å². The Balaban J connectivity index is 1.98. The summed E-state index contributed by atoms with van der Waals surface area (Å²) < 4.78 is 5.25. The van der Waals surface area contributed by atoms with Crippen LogP contribution in [0.15, 0.2) is 24.3 Å². The van der Waals surface area contributed by atoms with Gasteiger partial charge in [-0.05, 0) is 37.5 Å². The molecule has 1 heterocycles. The lowest BCUT2D eigenvalue weighted by Crippen LogP contribution is -2.55. The fraction of sp³-hybridized carbons (Fsp3) is 0.588. The van der Waals surface area contributed by atoms with Gasteiger partial charge in [-0.1, -0.05) is 19.1 Å². The first kappa shape index (κ1) is 15.8. The van der Waals surface area contributed by atoms with E-state index in [2.05, 4.69) is 32.2 Å². The highest BCUT2D eigenvalue weighted by Crippen LogP contribution is 2.24. The predicted octanol–water partition coefficient (Wildman–Crippen LogP) is 2.40. The number of benzene rings is 1. The van der Waals surface area contributed by atoms with Gasteiger partial charge in [0.05, 0.1) is 7.11 Å². The number of methoxy groups -OCH3 is 1. The van der Waals surface area contributed by atoms with Gasteiger partial charge in [-0.15, -0.1) is 0 Å². The summed E-state index contributed by atoms with van der Waals surface area (Å²) in [6, 6.07) is 8.71. The number of carbonyl (C=O) groups is 1.